The quantitative estimate of drug-likeness (QED) is 0.829. The summed E-state index contributed by atoms with van der Waals surface area (Å²) in [6, 6.07) is 4.99. The van der Waals surface area contributed by atoms with Crippen LogP contribution in [0.1, 0.15) is 32.1 Å². The predicted molar refractivity (Wildman–Crippen MR) is 82.4 cm³/mol. The molecular formula is C16H19F2NO4S. The summed E-state index contributed by atoms with van der Waals surface area (Å²) in [4.78, 5) is 11.6. The molecule has 24 heavy (non-hydrogen) atoms. The highest BCUT2D eigenvalue weighted by Gasteiger charge is 2.42. The van der Waals surface area contributed by atoms with Gasteiger partial charge in [-0.2, -0.15) is 13.1 Å². The highest BCUT2D eigenvalue weighted by atomic mass is 32.2. The molecule has 0 aromatic heterocycles. The number of halogens is 2. The van der Waals surface area contributed by atoms with E-state index in [4.69, 9.17) is 0 Å². The predicted octanol–water partition coefficient (Wildman–Crippen LogP) is 2.81. The van der Waals surface area contributed by atoms with Gasteiger partial charge in [-0.3, -0.25) is 4.79 Å². The molecule has 1 heterocycles. The smallest absolute Gasteiger partial charge is 0.387 e. The second-order valence-corrected chi connectivity index (χ2v) is 8.41. The van der Waals surface area contributed by atoms with Crippen LogP contribution in [0.15, 0.2) is 29.2 Å². The van der Waals surface area contributed by atoms with E-state index in [-0.39, 0.29) is 21.8 Å². The van der Waals surface area contributed by atoms with Crippen molar-refractivity contribution in [2.75, 3.05) is 13.1 Å². The summed E-state index contributed by atoms with van der Waals surface area (Å²) in [5, 5.41) is 0. The van der Waals surface area contributed by atoms with Gasteiger partial charge in [-0.25, -0.2) is 8.42 Å². The third kappa shape index (κ3) is 3.44. The lowest BCUT2D eigenvalue weighted by Crippen LogP contribution is -2.42. The number of ether oxygens (including phenoxy) is 1. The number of rotatable bonds is 4. The first-order valence-corrected chi connectivity index (χ1v) is 9.32. The Morgan fingerprint density at radius 2 is 1.71 bits per heavy atom. The van der Waals surface area contributed by atoms with Crippen LogP contribution in [0.5, 0.6) is 5.75 Å². The first kappa shape index (κ1) is 17.3. The number of carbonyl (C=O) groups excluding carboxylic acids is 1. The van der Waals surface area contributed by atoms with Crippen LogP contribution in [-0.2, 0) is 14.8 Å². The zero-order chi connectivity index (χ0) is 17.4. The van der Waals surface area contributed by atoms with Gasteiger partial charge in [0, 0.05) is 25.9 Å². The molecule has 2 fully saturated rings. The van der Waals surface area contributed by atoms with Gasteiger partial charge in [0.15, 0.2) is 0 Å². The number of sulfonamides is 1. The van der Waals surface area contributed by atoms with E-state index in [0.29, 0.717) is 38.8 Å². The van der Waals surface area contributed by atoms with Crippen LogP contribution in [-0.4, -0.2) is 38.2 Å². The lowest BCUT2D eigenvalue weighted by atomic mass is 9.77. The Kier molecular flexibility index (Phi) is 4.61. The summed E-state index contributed by atoms with van der Waals surface area (Å²) in [5.41, 5.74) is -0.0297. The molecule has 0 atom stereocenters. The van der Waals surface area contributed by atoms with Gasteiger partial charge in [-0.1, -0.05) is 0 Å². The maximum atomic E-state index is 12.7. The molecule has 1 saturated heterocycles. The van der Waals surface area contributed by atoms with Gasteiger partial charge in [0.25, 0.3) is 0 Å². The summed E-state index contributed by atoms with van der Waals surface area (Å²) >= 11 is 0. The average Bonchev–Trinajstić information content (AvgIpc) is 2.88. The number of alkyl halides is 2. The molecule has 1 aromatic carbocycles. The average molecular weight is 359 g/mol. The molecule has 132 valence electrons. The zero-order valence-electron chi connectivity index (χ0n) is 13.1. The van der Waals surface area contributed by atoms with Crippen molar-refractivity contribution in [1.29, 1.82) is 0 Å². The highest BCUT2D eigenvalue weighted by Crippen LogP contribution is 2.45. The third-order valence-corrected chi connectivity index (χ3v) is 6.89. The molecule has 1 spiro atoms. The van der Waals surface area contributed by atoms with Crippen molar-refractivity contribution in [3.8, 4) is 5.75 Å². The number of nitrogens with zero attached hydrogens (tertiary/aromatic N) is 1. The molecule has 0 radical (unpaired) electrons. The van der Waals surface area contributed by atoms with Crippen LogP contribution < -0.4 is 4.74 Å². The highest BCUT2D eigenvalue weighted by molar-refractivity contribution is 7.89. The van der Waals surface area contributed by atoms with Crippen molar-refractivity contribution in [1.82, 2.24) is 4.31 Å². The first-order valence-electron chi connectivity index (χ1n) is 7.88. The van der Waals surface area contributed by atoms with Crippen LogP contribution in [0, 0.1) is 5.41 Å². The number of ketones is 1. The summed E-state index contributed by atoms with van der Waals surface area (Å²) in [5.74, 6) is 0.187. The second kappa shape index (κ2) is 6.40. The maximum absolute atomic E-state index is 12.7. The summed E-state index contributed by atoms with van der Waals surface area (Å²) < 4.78 is 55.2. The standard InChI is InChI=1S/C16H19F2NO4S/c17-15(18)23-13-1-3-14(4-2-13)24(21,22)19-9-7-16(8-10-19)6-5-12(20)11-16/h1-4,15H,5-11H2. The van der Waals surface area contributed by atoms with Crippen LogP contribution in [0.2, 0.25) is 0 Å². The molecule has 1 aliphatic heterocycles. The van der Waals surface area contributed by atoms with Gasteiger partial charge in [0.1, 0.15) is 11.5 Å². The normalized spacial score (nSPS) is 21.5. The molecule has 8 heteroatoms. The monoisotopic (exact) mass is 359 g/mol. The summed E-state index contributed by atoms with van der Waals surface area (Å²) in [6.07, 6.45) is 3.37. The minimum absolute atomic E-state index is 0.0297. The van der Waals surface area contributed by atoms with Crippen molar-refractivity contribution in [2.45, 2.75) is 43.6 Å². The van der Waals surface area contributed by atoms with E-state index in [1.807, 2.05) is 0 Å². The second-order valence-electron chi connectivity index (χ2n) is 6.47. The third-order valence-electron chi connectivity index (χ3n) is 4.98. The molecule has 0 unspecified atom stereocenters. The fourth-order valence-electron chi connectivity index (χ4n) is 3.57. The van der Waals surface area contributed by atoms with E-state index < -0.39 is 16.6 Å². The van der Waals surface area contributed by atoms with Crippen LogP contribution in [0.3, 0.4) is 0 Å². The first-order chi connectivity index (χ1) is 11.3. The van der Waals surface area contributed by atoms with Gasteiger partial charge in [0.05, 0.1) is 4.90 Å². The van der Waals surface area contributed by atoms with Gasteiger partial charge in [-0.15, -0.1) is 0 Å². The van der Waals surface area contributed by atoms with Crippen molar-refractivity contribution >= 4 is 15.8 Å². The molecule has 3 rings (SSSR count). The van der Waals surface area contributed by atoms with Crippen molar-refractivity contribution in [2.24, 2.45) is 5.41 Å². The molecular weight excluding hydrogens is 340 g/mol. The van der Waals surface area contributed by atoms with Crippen LogP contribution >= 0.6 is 0 Å². The van der Waals surface area contributed by atoms with Crippen LogP contribution in [0.25, 0.3) is 0 Å². The van der Waals surface area contributed by atoms with E-state index in [1.165, 1.54) is 28.6 Å². The molecule has 0 amide bonds. The number of carbonyl (C=O) groups is 1. The Hall–Kier alpha value is -1.54. The van der Waals surface area contributed by atoms with Gasteiger partial charge in [0.2, 0.25) is 10.0 Å². The number of hydrogen-bond acceptors (Lipinski definition) is 4. The Balaban J connectivity index is 1.69. The van der Waals surface area contributed by atoms with E-state index in [2.05, 4.69) is 4.74 Å². The molecule has 1 aliphatic carbocycles. The van der Waals surface area contributed by atoms with Gasteiger partial charge in [-0.05, 0) is 48.9 Å². The van der Waals surface area contributed by atoms with E-state index in [9.17, 15) is 22.0 Å². The largest absolute Gasteiger partial charge is 0.435 e. The molecule has 1 saturated carbocycles. The lowest BCUT2D eigenvalue weighted by Gasteiger charge is -2.38. The fourth-order valence-corrected chi connectivity index (χ4v) is 5.01. The number of piperidine rings is 1. The summed E-state index contributed by atoms with van der Waals surface area (Å²) in [6.45, 7) is -2.18. The number of hydrogen-bond donors (Lipinski definition) is 0. The number of Topliss-reactive ketones (excluding diaryl/α,β-unsaturated/α-hetero) is 1. The molecule has 0 bridgehead atoms. The summed E-state index contributed by atoms with van der Waals surface area (Å²) in [7, 11) is -3.66. The Morgan fingerprint density at radius 3 is 2.21 bits per heavy atom. The molecule has 1 aromatic rings. The fraction of sp³-hybridized carbons (Fsp3) is 0.562. The van der Waals surface area contributed by atoms with Gasteiger partial charge < -0.3 is 4.74 Å². The van der Waals surface area contributed by atoms with Crippen molar-refractivity contribution < 1.29 is 26.7 Å². The van der Waals surface area contributed by atoms with Gasteiger partial charge >= 0.3 is 6.61 Å². The van der Waals surface area contributed by atoms with E-state index in [1.54, 1.807) is 0 Å². The molecule has 2 aliphatic rings. The van der Waals surface area contributed by atoms with E-state index >= 15 is 0 Å². The lowest BCUT2D eigenvalue weighted by molar-refractivity contribution is -0.118. The van der Waals surface area contributed by atoms with Crippen LogP contribution in [0.4, 0.5) is 8.78 Å². The zero-order valence-corrected chi connectivity index (χ0v) is 13.9. The Labute approximate surface area is 139 Å². The Bertz CT molecular complexity index is 710. The maximum Gasteiger partial charge on any atom is 0.387 e. The SMILES string of the molecule is O=C1CCC2(CCN(S(=O)(=O)c3ccc(OC(F)F)cc3)CC2)C1. The van der Waals surface area contributed by atoms with E-state index in [0.717, 1.165) is 6.42 Å². The van der Waals surface area contributed by atoms with Crippen molar-refractivity contribution in [3.05, 3.63) is 24.3 Å². The molecule has 0 N–H and O–H groups in total. The Morgan fingerprint density at radius 1 is 1.08 bits per heavy atom. The van der Waals surface area contributed by atoms with Crippen molar-refractivity contribution in [3.63, 3.8) is 0 Å². The minimum Gasteiger partial charge on any atom is -0.435 e. The molecule has 5 nitrogen and oxygen atoms in total. The topological polar surface area (TPSA) is 63.7 Å². The minimum atomic E-state index is -3.66. The number of benzene rings is 1.